The molecule has 0 bridgehead atoms. The fraction of sp³-hybridized carbons (Fsp3) is 0.333. The Bertz CT molecular complexity index is 219. The van der Waals surface area contributed by atoms with Crippen LogP contribution in [0.2, 0.25) is 0 Å². The standard InChI is InChI=1S/C9H13N/c1-7-3-4-9(10)6-8(2)5-7/h4-6H,3,10H2,1-2H3. The van der Waals surface area contributed by atoms with Gasteiger partial charge in [-0.2, -0.15) is 0 Å². The van der Waals surface area contributed by atoms with Crippen LogP contribution in [0.4, 0.5) is 0 Å². The molecule has 54 valence electrons. The number of rotatable bonds is 0. The minimum atomic E-state index is 0.880. The SMILES string of the molecule is CC1=CC(N)=CCC(C)=C1. The normalized spacial score (nSPS) is 18.8. The Kier molecular flexibility index (Phi) is 1.95. The van der Waals surface area contributed by atoms with Gasteiger partial charge in [0.15, 0.2) is 0 Å². The molecule has 0 aromatic heterocycles. The van der Waals surface area contributed by atoms with Gasteiger partial charge >= 0.3 is 0 Å². The van der Waals surface area contributed by atoms with Gasteiger partial charge in [0.1, 0.15) is 0 Å². The van der Waals surface area contributed by atoms with Crippen molar-refractivity contribution in [3.8, 4) is 0 Å². The van der Waals surface area contributed by atoms with Crippen LogP contribution in [0.15, 0.2) is 35.1 Å². The predicted molar refractivity (Wildman–Crippen MR) is 44.4 cm³/mol. The summed E-state index contributed by atoms with van der Waals surface area (Å²) < 4.78 is 0. The summed E-state index contributed by atoms with van der Waals surface area (Å²) >= 11 is 0. The van der Waals surface area contributed by atoms with Crippen LogP contribution in [0.1, 0.15) is 20.3 Å². The summed E-state index contributed by atoms with van der Waals surface area (Å²) in [7, 11) is 0. The molecule has 0 aliphatic heterocycles. The first-order chi connectivity index (χ1) is 4.68. The van der Waals surface area contributed by atoms with Crippen molar-refractivity contribution in [2.75, 3.05) is 0 Å². The van der Waals surface area contributed by atoms with Crippen LogP contribution in [0.5, 0.6) is 0 Å². The minimum Gasteiger partial charge on any atom is -0.399 e. The van der Waals surface area contributed by atoms with Crippen molar-refractivity contribution in [1.82, 2.24) is 0 Å². The highest BCUT2D eigenvalue weighted by Crippen LogP contribution is 2.12. The van der Waals surface area contributed by atoms with Gasteiger partial charge in [-0.25, -0.2) is 0 Å². The largest absolute Gasteiger partial charge is 0.399 e. The number of hydrogen-bond donors (Lipinski definition) is 1. The van der Waals surface area contributed by atoms with Crippen LogP contribution in [0, 0.1) is 0 Å². The van der Waals surface area contributed by atoms with Crippen molar-refractivity contribution in [1.29, 1.82) is 0 Å². The molecule has 0 fully saturated rings. The van der Waals surface area contributed by atoms with Crippen LogP contribution in [0.3, 0.4) is 0 Å². The van der Waals surface area contributed by atoms with Gasteiger partial charge in [-0.3, -0.25) is 0 Å². The molecule has 2 N–H and O–H groups in total. The van der Waals surface area contributed by atoms with Gasteiger partial charge in [0.2, 0.25) is 0 Å². The third kappa shape index (κ3) is 1.76. The minimum absolute atomic E-state index is 0.880. The van der Waals surface area contributed by atoms with E-state index in [0.29, 0.717) is 0 Å². The van der Waals surface area contributed by atoms with E-state index >= 15 is 0 Å². The lowest BCUT2D eigenvalue weighted by Gasteiger charge is -1.90. The molecule has 0 radical (unpaired) electrons. The molecule has 0 amide bonds. The van der Waals surface area contributed by atoms with Crippen molar-refractivity contribution >= 4 is 0 Å². The summed E-state index contributed by atoms with van der Waals surface area (Å²) in [4.78, 5) is 0. The molecule has 0 saturated carbocycles. The second-order valence-electron chi connectivity index (χ2n) is 2.79. The highest BCUT2D eigenvalue weighted by Gasteiger charge is 1.94. The zero-order valence-corrected chi connectivity index (χ0v) is 6.52. The number of nitrogens with two attached hydrogens (primary N) is 1. The average Bonchev–Trinajstić information content (AvgIpc) is 1.93. The van der Waals surface area contributed by atoms with Crippen molar-refractivity contribution in [2.24, 2.45) is 5.73 Å². The summed E-state index contributed by atoms with van der Waals surface area (Å²) in [6.45, 7) is 4.18. The lowest BCUT2D eigenvalue weighted by atomic mass is 10.2. The zero-order valence-electron chi connectivity index (χ0n) is 6.52. The topological polar surface area (TPSA) is 26.0 Å². The van der Waals surface area contributed by atoms with Gasteiger partial charge < -0.3 is 5.73 Å². The summed E-state index contributed by atoms with van der Waals surface area (Å²) in [5.41, 5.74) is 9.13. The Hall–Kier alpha value is -0.980. The summed E-state index contributed by atoms with van der Waals surface area (Å²) in [6, 6.07) is 0. The van der Waals surface area contributed by atoms with Gasteiger partial charge in [0.05, 0.1) is 0 Å². The summed E-state index contributed by atoms with van der Waals surface area (Å²) in [6.07, 6.45) is 7.19. The second-order valence-corrected chi connectivity index (χ2v) is 2.79. The predicted octanol–water partition coefficient (Wildman–Crippen LogP) is 2.13. The Morgan fingerprint density at radius 3 is 2.70 bits per heavy atom. The molecule has 1 heteroatoms. The fourth-order valence-corrected chi connectivity index (χ4v) is 1.09. The quantitative estimate of drug-likeness (QED) is 0.541. The van der Waals surface area contributed by atoms with Gasteiger partial charge in [-0.05, 0) is 31.9 Å². The number of allylic oxidation sites excluding steroid dienone is 5. The average molecular weight is 135 g/mol. The molecule has 1 nitrogen and oxygen atoms in total. The van der Waals surface area contributed by atoms with E-state index in [2.05, 4.69) is 19.9 Å². The zero-order chi connectivity index (χ0) is 7.56. The highest BCUT2D eigenvalue weighted by molar-refractivity contribution is 5.33. The van der Waals surface area contributed by atoms with E-state index in [1.807, 2.05) is 12.2 Å². The first-order valence-corrected chi connectivity index (χ1v) is 3.49. The molecule has 0 aromatic rings. The third-order valence-corrected chi connectivity index (χ3v) is 1.53. The lowest BCUT2D eigenvalue weighted by Crippen LogP contribution is -1.91. The monoisotopic (exact) mass is 135 g/mol. The van der Waals surface area contributed by atoms with Crippen LogP contribution in [-0.2, 0) is 0 Å². The van der Waals surface area contributed by atoms with Crippen LogP contribution in [-0.4, -0.2) is 0 Å². The maximum absolute atomic E-state index is 5.64. The first kappa shape index (κ1) is 7.13. The molecule has 1 aliphatic carbocycles. The van der Waals surface area contributed by atoms with Gasteiger partial charge in [-0.1, -0.05) is 17.7 Å². The Morgan fingerprint density at radius 1 is 1.30 bits per heavy atom. The van der Waals surface area contributed by atoms with E-state index in [4.69, 9.17) is 5.73 Å². The molecular weight excluding hydrogens is 122 g/mol. The summed E-state index contributed by atoms with van der Waals surface area (Å²) in [5, 5.41) is 0. The fourth-order valence-electron chi connectivity index (χ4n) is 1.09. The van der Waals surface area contributed by atoms with E-state index in [9.17, 15) is 0 Å². The molecule has 0 aromatic carbocycles. The van der Waals surface area contributed by atoms with Crippen LogP contribution in [0.25, 0.3) is 0 Å². The van der Waals surface area contributed by atoms with E-state index in [1.54, 1.807) is 0 Å². The maximum Gasteiger partial charge on any atom is 0.0279 e. The maximum atomic E-state index is 5.64. The second kappa shape index (κ2) is 2.74. The van der Waals surface area contributed by atoms with Gasteiger partial charge in [0.25, 0.3) is 0 Å². The molecular formula is C9H13N. The molecule has 0 spiro atoms. The van der Waals surface area contributed by atoms with E-state index in [-0.39, 0.29) is 0 Å². The van der Waals surface area contributed by atoms with Crippen molar-refractivity contribution in [3.05, 3.63) is 35.1 Å². The Morgan fingerprint density at radius 2 is 2.00 bits per heavy atom. The van der Waals surface area contributed by atoms with Gasteiger partial charge in [0, 0.05) is 5.70 Å². The molecule has 0 heterocycles. The third-order valence-electron chi connectivity index (χ3n) is 1.53. The number of hydrogen-bond acceptors (Lipinski definition) is 1. The Balaban J connectivity index is 2.90. The highest BCUT2D eigenvalue weighted by atomic mass is 14.6. The molecule has 0 atom stereocenters. The molecule has 1 aliphatic rings. The molecule has 0 saturated heterocycles. The molecule has 10 heavy (non-hydrogen) atoms. The van der Waals surface area contributed by atoms with E-state index in [0.717, 1.165) is 12.1 Å². The van der Waals surface area contributed by atoms with Gasteiger partial charge in [-0.15, -0.1) is 0 Å². The van der Waals surface area contributed by atoms with Crippen LogP contribution < -0.4 is 5.73 Å². The van der Waals surface area contributed by atoms with E-state index in [1.165, 1.54) is 11.1 Å². The molecule has 0 unspecified atom stereocenters. The van der Waals surface area contributed by atoms with Crippen molar-refractivity contribution in [2.45, 2.75) is 20.3 Å². The Labute approximate surface area is 61.9 Å². The lowest BCUT2D eigenvalue weighted by molar-refractivity contribution is 1.19. The molecule has 1 rings (SSSR count). The van der Waals surface area contributed by atoms with E-state index < -0.39 is 0 Å². The van der Waals surface area contributed by atoms with Crippen LogP contribution >= 0.6 is 0 Å². The first-order valence-electron chi connectivity index (χ1n) is 3.49. The smallest absolute Gasteiger partial charge is 0.0279 e. The van der Waals surface area contributed by atoms with Crippen molar-refractivity contribution in [3.63, 3.8) is 0 Å². The summed E-state index contributed by atoms with van der Waals surface area (Å²) in [5.74, 6) is 0. The van der Waals surface area contributed by atoms with Crippen molar-refractivity contribution < 1.29 is 0 Å².